The third kappa shape index (κ3) is 2.57. The van der Waals surface area contributed by atoms with E-state index < -0.39 is 5.82 Å². The zero-order valence-corrected chi connectivity index (χ0v) is 12.4. The van der Waals surface area contributed by atoms with Gasteiger partial charge in [-0.15, -0.1) is 0 Å². The molecular formula is C17H16FN3O. The standard InChI is InChI=1S/C17H16FN3O/c1-11-7-8-12(18)9-13(11)17(22)19-10-16-20-14-5-3-4-6-15(14)21(16)2/h3-9H,10H2,1-2H3,(H,19,22). The van der Waals surface area contributed by atoms with E-state index in [9.17, 15) is 9.18 Å². The van der Waals surface area contributed by atoms with Crippen LogP contribution in [0.5, 0.6) is 0 Å². The summed E-state index contributed by atoms with van der Waals surface area (Å²) in [6, 6.07) is 12.0. The van der Waals surface area contributed by atoms with E-state index >= 15 is 0 Å². The number of carbonyl (C=O) groups is 1. The number of nitrogens with zero attached hydrogens (tertiary/aromatic N) is 2. The number of hydrogen-bond donors (Lipinski definition) is 1. The maximum Gasteiger partial charge on any atom is 0.252 e. The van der Waals surface area contributed by atoms with Gasteiger partial charge in [0.25, 0.3) is 5.91 Å². The van der Waals surface area contributed by atoms with Gasteiger partial charge in [-0.25, -0.2) is 9.37 Å². The van der Waals surface area contributed by atoms with Crippen LogP contribution in [0.4, 0.5) is 4.39 Å². The van der Waals surface area contributed by atoms with Crippen LogP contribution in [-0.4, -0.2) is 15.5 Å². The minimum absolute atomic E-state index is 0.292. The molecule has 4 nitrogen and oxygen atoms in total. The first-order valence-electron chi connectivity index (χ1n) is 7.01. The van der Waals surface area contributed by atoms with E-state index in [1.165, 1.54) is 12.1 Å². The van der Waals surface area contributed by atoms with Gasteiger partial charge < -0.3 is 9.88 Å². The highest BCUT2D eigenvalue weighted by Gasteiger charge is 2.12. The molecule has 0 aliphatic heterocycles. The Morgan fingerprint density at radius 3 is 2.82 bits per heavy atom. The molecule has 0 bridgehead atoms. The van der Waals surface area contributed by atoms with E-state index in [1.807, 2.05) is 35.9 Å². The third-order valence-corrected chi connectivity index (χ3v) is 3.73. The fraction of sp³-hybridized carbons (Fsp3) is 0.176. The zero-order valence-electron chi connectivity index (χ0n) is 12.4. The van der Waals surface area contributed by atoms with Crippen molar-refractivity contribution >= 4 is 16.9 Å². The lowest BCUT2D eigenvalue weighted by Crippen LogP contribution is -2.25. The average molecular weight is 297 g/mol. The van der Waals surface area contributed by atoms with Crippen LogP contribution in [0.25, 0.3) is 11.0 Å². The first-order chi connectivity index (χ1) is 10.6. The average Bonchev–Trinajstić information content (AvgIpc) is 2.84. The monoisotopic (exact) mass is 297 g/mol. The lowest BCUT2D eigenvalue weighted by atomic mass is 10.1. The van der Waals surface area contributed by atoms with Crippen molar-refractivity contribution in [2.75, 3.05) is 0 Å². The van der Waals surface area contributed by atoms with Crippen molar-refractivity contribution < 1.29 is 9.18 Å². The largest absolute Gasteiger partial charge is 0.345 e. The highest BCUT2D eigenvalue weighted by molar-refractivity contribution is 5.95. The molecule has 0 aliphatic carbocycles. The minimum Gasteiger partial charge on any atom is -0.345 e. The summed E-state index contributed by atoms with van der Waals surface area (Å²) in [7, 11) is 1.91. The Kier molecular flexibility index (Phi) is 3.63. The minimum atomic E-state index is -0.418. The van der Waals surface area contributed by atoms with E-state index in [1.54, 1.807) is 13.0 Å². The highest BCUT2D eigenvalue weighted by atomic mass is 19.1. The van der Waals surface area contributed by atoms with Crippen molar-refractivity contribution in [2.24, 2.45) is 7.05 Å². The van der Waals surface area contributed by atoms with Crippen LogP contribution in [0, 0.1) is 12.7 Å². The number of carbonyl (C=O) groups excluding carboxylic acids is 1. The lowest BCUT2D eigenvalue weighted by molar-refractivity contribution is 0.0948. The van der Waals surface area contributed by atoms with E-state index in [-0.39, 0.29) is 5.91 Å². The molecule has 1 N–H and O–H groups in total. The molecule has 3 rings (SSSR count). The molecular weight excluding hydrogens is 281 g/mol. The summed E-state index contributed by atoms with van der Waals surface area (Å²) in [5.41, 5.74) is 2.98. The summed E-state index contributed by atoms with van der Waals surface area (Å²) in [4.78, 5) is 16.7. The summed E-state index contributed by atoms with van der Waals surface area (Å²) in [6.07, 6.45) is 0. The Hall–Kier alpha value is -2.69. The Labute approximate surface area is 127 Å². The van der Waals surface area contributed by atoms with Crippen LogP contribution in [-0.2, 0) is 13.6 Å². The summed E-state index contributed by atoms with van der Waals surface area (Å²) in [6.45, 7) is 2.07. The number of imidazole rings is 1. The zero-order chi connectivity index (χ0) is 15.7. The Morgan fingerprint density at radius 1 is 1.27 bits per heavy atom. The van der Waals surface area contributed by atoms with Gasteiger partial charge in [-0.3, -0.25) is 4.79 Å². The Balaban J connectivity index is 1.80. The number of amides is 1. The molecule has 0 aliphatic rings. The summed E-state index contributed by atoms with van der Waals surface area (Å²) >= 11 is 0. The number of halogens is 1. The van der Waals surface area contributed by atoms with E-state index in [4.69, 9.17) is 0 Å². The molecule has 1 amide bonds. The van der Waals surface area contributed by atoms with Crippen LogP contribution in [0.1, 0.15) is 21.7 Å². The predicted octanol–water partition coefficient (Wildman–Crippen LogP) is 2.95. The fourth-order valence-electron chi connectivity index (χ4n) is 2.45. The van der Waals surface area contributed by atoms with Gasteiger partial charge in [0.15, 0.2) is 0 Å². The van der Waals surface area contributed by atoms with Crippen LogP contribution < -0.4 is 5.32 Å². The van der Waals surface area contributed by atoms with E-state index in [0.29, 0.717) is 12.1 Å². The van der Waals surface area contributed by atoms with Gasteiger partial charge in [0.2, 0.25) is 0 Å². The highest BCUT2D eigenvalue weighted by Crippen LogP contribution is 2.14. The van der Waals surface area contributed by atoms with Crippen LogP contribution >= 0.6 is 0 Å². The van der Waals surface area contributed by atoms with Gasteiger partial charge in [-0.2, -0.15) is 0 Å². The van der Waals surface area contributed by atoms with Gasteiger partial charge in [-0.1, -0.05) is 18.2 Å². The molecule has 0 saturated carbocycles. The maximum absolute atomic E-state index is 13.3. The second-order valence-electron chi connectivity index (χ2n) is 5.22. The number of rotatable bonds is 3. The Morgan fingerprint density at radius 2 is 2.05 bits per heavy atom. The van der Waals surface area contributed by atoms with Gasteiger partial charge in [0, 0.05) is 12.6 Å². The van der Waals surface area contributed by atoms with E-state index in [0.717, 1.165) is 22.4 Å². The Bertz CT molecular complexity index is 854. The molecule has 0 saturated heterocycles. The van der Waals surface area contributed by atoms with Crippen molar-refractivity contribution in [3.63, 3.8) is 0 Å². The number of fused-ring (bicyclic) bond motifs is 1. The maximum atomic E-state index is 13.3. The van der Waals surface area contributed by atoms with Crippen molar-refractivity contribution in [3.8, 4) is 0 Å². The molecule has 5 heteroatoms. The molecule has 112 valence electrons. The van der Waals surface area contributed by atoms with Crippen LogP contribution in [0.15, 0.2) is 42.5 Å². The summed E-state index contributed by atoms with van der Waals surface area (Å²) in [5, 5.41) is 2.80. The molecule has 2 aromatic carbocycles. The molecule has 0 fully saturated rings. The molecule has 3 aromatic rings. The predicted molar refractivity (Wildman–Crippen MR) is 83.0 cm³/mol. The van der Waals surface area contributed by atoms with Gasteiger partial charge in [-0.05, 0) is 36.8 Å². The van der Waals surface area contributed by atoms with Gasteiger partial charge in [0.1, 0.15) is 11.6 Å². The smallest absolute Gasteiger partial charge is 0.252 e. The molecule has 22 heavy (non-hydrogen) atoms. The first-order valence-corrected chi connectivity index (χ1v) is 7.01. The van der Waals surface area contributed by atoms with Gasteiger partial charge >= 0.3 is 0 Å². The quantitative estimate of drug-likeness (QED) is 0.808. The first kappa shape index (κ1) is 14.3. The number of para-hydroxylation sites is 2. The van der Waals surface area contributed by atoms with Crippen molar-refractivity contribution in [1.29, 1.82) is 0 Å². The number of aromatic nitrogens is 2. The summed E-state index contributed by atoms with van der Waals surface area (Å²) < 4.78 is 15.2. The summed E-state index contributed by atoms with van der Waals surface area (Å²) in [5.74, 6) is 0.0335. The van der Waals surface area contributed by atoms with Gasteiger partial charge in [0.05, 0.1) is 17.6 Å². The molecule has 0 radical (unpaired) electrons. The molecule has 1 aromatic heterocycles. The van der Waals surface area contributed by atoms with Crippen molar-refractivity contribution in [1.82, 2.24) is 14.9 Å². The molecule has 0 unspecified atom stereocenters. The normalized spacial score (nSPS) is 10.9. The lowest BCUT2D eigenvalue weighted by Gasteiger charge is -2.08. The number of aryl methyl sites for hydroxylation is 2. The second-order valence-corrected chi connectivity index (χ2v) is 5.22. The second kappa shape index (κ2) is 5.60. The van der Waals surface area contributed by atoms with Crippen molar-refractivity contribution in [2.45, 2.75) is 13.5 Å². The molecule has 0 atom stereocenters. The molecule has 0 spiro atoms. The van der Waals surface area contributed by atoms with Crippen molar-refractivity contribution in [3.05, 3.63) is 65.2 Å². The topological polar surface area (TPSA) is 46.9 Å². The SMILES string of the molecule is Cc1ccc(F)cc1C(=O)NCc1nc2ccccc2n1C. The molecule has 1 heterocycles. The van der Waals surface area contributed by atoms with Crippen LogP contribution in [0.3, 0.4) is 0 Å². The third-order valence-electron chi connectivity index (χ3n) is 3.73. The number of benzene rings is 2. The van der Waals surface area contributed by atoms with E-state index in [2.05, 4.69) is 10.3 Å². The fourth-order valence-corrected chi connectivity index (χ4v) is 2.45. The van der Waals surface area contributed by atoms with Crippen LogP contribution in [0.2, 0.25) is 0 Å². The number of hydrogen-bond acceptors (Lipinski definition) is 2. The number of nitrogens with one attached hydrogen (secondary N) is 1.